The van der Waals surface area contributed by atoms with Crippen LogP contribution in [0.1, 0.15) is 37.6 Å². The van der Waals surface area contributed by atoms with Crippen molar-refractivity contribution in [2.24, 2.45) is 0 Å². The van der Waals surface area contributed by atoms with Crippen molar-refractivity contribution in [3.05, 3.63) is 40.2 Å². The number of esters is 1. The average molecular weight is 395 g/mol. The van der Waals surface area contributed by atoms with E-state index in [-0.39, 0.29) is 18.0 Å². The normalized spacial score (nSPS) is 11.3. The first-order valence-corrected chi connectivity index (χ1v) is 9.54. The van der Waals surface area contributed by atoms with Crippen molar-refractivity contribution in [2.75, 3.05) is 19.0 Å². The molecule has 0 atom stereocenters. The Bertz CT molecular complexity index is 802. The number of methoxy groups -OCH3 is 1. The number of hydrogen-bond acceptors (Lipinski definition) is 5. The molecular formula is C19H23ClN2O3S. The van der Waals surface area contributed by atoms with E-state index >= 15 is 0 Å². The van der Waals surface area contributed by atoms with E-state index in [0.29, 0.717) is 21.2 Å². The van der Waals surface area contributed by atoms with Crippen LogP contribution in [0.2, 0.25) is 5.02 Å². The van der Waals surface area contributed by atoms with Crippen LogP contribution in [0, 0.1) is 0 Å². The van der Waals surface area contributed by atoms with Crippen LogP contribution in [0.5, 0.6) is 0 Å². The molecule has 0 radical (unpaired) electrons. The summed E-state index contributed by atoms with van der Waals surface area (Å²) in [7, 11) is 1.31. The lowest BCUT2D eigenvalue weighted by atomic mass is 10.0. The first kappa shape index (κ1) is 20.4. The zero-order chi connectivity index (χ0) is 19.3. The van der Waals surface area contributed by atoms with Crippen LogP contribution in [0.4, 0.5) is 5.00 Å². The SMILES string of the molecule is CCC(C)(C)NCC(=O)Nc1scc(-c2ccccc2Cl)c1C(=O)OC. The van der Waals surface area contributed by atoms with Crippen LogP contribution < -0.4 is 10.6 Å². The van der Waals surface area contributed by atoms with Gasteiger partial charge in [0.25, 0.3) is 0 Å². The highest BCUT2D eigenvalue weighted by atomic mass is 35.5. The molecule has 5 nitrogen and oxygen atoms in total. The fourth-order valence-corrected chi connectivity index (χ4v) is 3.45. The Hall–Kier alpha value is -1.89. The topological polar surface area (TPSA) is 67.4 Å². The van der Waals surface area contributed by atoms with Gasteiger partial charge in [0.1, 0.15) is 10.6 Å². The highest BCUT2D eigenvalue weighted by Gasteiger charge is 2.24. The molecule has 0 aliphatic carbocycles. The first-order chi connectivity index (χ1) is 12.3. The molecule has 2 aromatic rings. The molecular weight excluding hydrogens is 372 g/mol. The molecule has 1 aromatic heterocycles. The number of thiophene rings is 1. The van der Waals surface area contributed by atoms with E-state index in [2.05, 4.69) is 17.6 Å². The van der Waals surface area contributed by atoms with Gasteiger partial charge in [-0.2, -0.15) is 0 Å². The van der Waals surface area contributed by atoms with Crippen molar-refractivity contribution in [3.8, 4) is 11.1 Å². The third-order valence-electron chi connectivity index (χ3n) is 4.21. The Morgan fingerprint density at radius 2 is 1.92 bits per heavy atom. The predicted molar refractivity (Wildman–Crippen MR) is 107 cm³/mol. The van der Waals surface area contributed by atoms with E-state index in [0.717, 1.165) is 12.0 Å². The van der Waals surface area contributed by atoms with Gasteiger partial charge in [-0.05, 0) is 26.3 Å². The molecule has 7 heteroatoms. The standard InChI is InChI=1S/C19H23ClN2O3S/c1-5-19(2,3)21-10-15(23)22-17-16(18(24)25-4)13(11-26-17)12-8-6-7-9-14(12)20/h6-9,11,21H,5,10H2,1-4H3,(H,22,23). The van der Waals surface area contributed by atoms with Crippen LogP contribution in [0.25, 0.3) is 11.1 Å². The van der Waals surface area contributed by atoms with E-state index in [1.54, 1.807) is 11.4 Å². The average Bonchev–Trinajstić information content (AvgIpc) is 3.03. The van der Waals surface area contributed by atoms with Gasteiger partial charge in [0.05, 0.1) is 13.7 Å². The molecule has 26 heavy (non-hydrogen) atoms. The summed E-state index contributed by atoms with van der Waals surface area (Å²) in [5, 5.41) is 8.78. The molecule has 0 aliphatic rings. The van der Waals surface area contributed by atoms with E-state index in [1.165, 1.54) is 18.4 Å². The Morgan fingerprint density at radius 3 is 2.54 bits per heavy atom. The molecule has 1 aromatic carbocycles. The number of hydrogen-bond donors (Lipinski definition) is 2. The zero-order valence-corrected chi connectivity index (χ0v) is 16.9. The van der Waals surface area contributed by atoms with E-state index in [9.17, 15) is 9.59 Å². The fraction of sp³-hybridized carbons (Fsp3) is 0.368. The minimum absolute atomic E-state index is 0.138. The number of rotatable bonds is 7. The van der Waals surface area contributed by atoms with E-state index < -0.39 is 5.97 Å². The number of carbonyl (C=O) groups excluding carboxylic acids is 2. The Balaban J connectivity index is 2.28. The molecule has 0 saturated heterocycles. The van der Waals surface area contributed by atoms with Crippen LogP contribution in [0.3, 0.4) is 0 Å². The Labute approximate surface area is 162 Å². The maximum absolute atomic E-state index is 12.3. The van der Waals surface area contributed by atoms with E-state index in [1.807, 2.05) is 32.0 Å². The maximum Gasteiger partial charge on any atom is 0.341 e. The van der Waals surface area contributed by atoms with Gasteiger partial charge in [-0.25, -0.2) is 4.79 Å². The number of benzene rings is 1. The lowest BCUT2D eigenvalue weighted by molar-refractivity contribution is -0.115. The molecule has 0 spiro atoms. The van der Waals surface area contributed by atoms with Crippen LogP contribution in [-0.4, -0.2) is 31.1 Å². The first-order valence-electron chi connectivity index (χ1n) is 8.28. The van der Waals surface area contributed by atoms with Gasteiger partial charge >= 0.3 is 5.97 Å². The molecule has 2 rings (SSSR count). The number of ether oxygens (including phenoxy) is 1. The number of halogens is 1. The molecule has 0 unspecified atom stereocenters. The van der Waals surface area contributed by atoms with Crippen molar-refractivity contribution in [2.45, 2.75) is 32.7 Å². The van der Waals surface area contributed by atoms with Crippen LogP contribution in [-0.2, 0) is 9.53 Å². The summed E-state index contributed by atoms with van der Waals surface area (Å²) < 4.78 is 4.91. The largest absolute Gasteiger partial charge is 0.465 e. The zero-order valence-electron chi connectivity index (χ0n) is 15.3. The fourth-order valence-electron chi connectivity index (χ4n) is 2.25. The second-order valence-corrected chi connectivity index (χ2v) is 7.75. The molecule has 140 valence electrons. The van der Waals surface area contributed by atoms with Crippen molar-refractivity contribution in [1.82, 2.24) is 5.32 Å². The number of carbonyl (C=O) groups is 2. The second-order valence-electron chi connectivity index (χ2n) is 6.46. The summed E-state index contributed by atoms with van der Waals surface area (Å²) in [4.78, 5) is 24.6. The molecule has 2 N–H and O–H groups in total. The van der Waals surface area contributed by atoms with Crippen molar-refractivity contribution < 1.29 is 14.3 Å². The lowest BCUT2D eigenvalue weighted by Crippen LogP contribution is -2.43. The quantitative estimate of drug-likeness (QED) is 0.675. The van der Waals surface area contributed by atoms with Gasteiger partial charge in [0.15, 0.2) is 0 Å². The molecule has 1 amide bonds. The smallest absolute Gasteiger partial charge is 0.341 e. The molecule has 0 aliphatic heterocycles. The highest BCUT2D eigenvalue weighted by Crippen LogP contribution is 2.39. The summed E-state index contributed by atoms with van der Waals surface area (Å²) in [6, 6.07) is 7.24. The summed E-state index contributed by atoms with van der Waals surface area (Å²) in [5.74, 6) is -0.734. The summed E-state index contributed by atoms with van der Waals surface area (Å²) in [5.41, 5.74) is 1.54. The predicted octanol–water partition coefficient (Wildman–Crippen LogP) is 4.57. The van der Waals surface area contributed by atoms with Gasteiger partial charge in [0, 0.05) is 27.1 Å². The Morgan fingerprint density at radius 1 is 1.23 bits per heavy atom. The molecule has 0 saturated carbocycles. The number of nitrogens with one attached hydrogen (secondary N) is 2. The van der Waals surface area contributed by atoms with Crippen molar-refractivity contribution in [3.63, 3.8) is 0 Å². The lowest BCUT2D eigenvalue weighted by Gasteiger charge is -2.24. The molecule has 0 bridgehead atoms. The molecule has 1 heterocycles. The van der Waals surface area contributed by atoms with Gasteiger partial charge in [0.2, 0.25) is 5.91 Å². The van der Waals surface area contributed by atoms with E-state index in [4.69, 9.17) is 16.3 Å². The van der Waals surface area contributed by atoms with Crippen LogP contribution >= 0.6 is 22.9 Å². The highest BCUT2D eigenvalue weighted by molar-refractivity contribution is 7.15. The van der Waals surface area contributed by atoms with Gasteiger partial charge in [-0.1, -0.05) is 36.7 Å². The number of amides is 1. The second kappa shape index (κ2) is 8.66. The van der Waals surface area contributed by atoms with Gasteiger partial charge in [-0.3, -0.25) is 4.79 Å². The van der Waals surface area contributed by atoms with Gasteiger partial charge in [-0.15, -0.1) is 11.3 Å². The Kier molecular flexibility index (Phi) is 6.81. The minimum Gasteiger partial charge on any atom is -0.465 e. The third kappa shape index (κ3) is 4.84. The van der Waals surface area contributed by atoms with Crippen molar-refractivity contribution in [1.29, 1.82) is 0 Å². The monoisotopic (exact) mass is 394 g/mol. The third-order valence-corrected chi connectivity index (χ3v) is 5.43. The molecule has 0 fully saturated rings. The summed E-state index contributed by atoms with van der Waals surface area (Å²) >= 11 is 7.54. The maximum atomic E-state index is 12.3. The number of anilines is 1. The summed E-state index contributed by atoms with van der Waals surface area (Å²) in [6.45, 7) is 6.26. The van der Waals surface area contributed by atoms with Crippen LogP contribution in [0.15, 0.2) is 29.6 Å². The van der Waals surface area contributed by atoms with Gasteiger partial charge < -0.3 is 15.4 Å². The summed E-state index contributed by atoms with van der Waals surface area (Å²) in [6.07, 6.45) is 0.892. The van der Waals surface area contributed by atoms with Crippen molar-refractivity contribution >= 4 is 39.8 Å². The minimum atomic E-state index is -0.515.